The Morgan fingerprint density at radius 1 is 1.53 bits per heavy atom. The number of primary amides is 1. The molecule has 15 heavy (non-hydrogen) atoms. The molecule has 0 aromatic carbocycles. The van der Waals surface area contributed by atoms with E-state index in [2.05, 4.69) is 11.9 Å². The molecule has 5 N–H and O–H groups in total. The fourth-order valence-corrected chi connectivity index (χ4v) is 0.891. The molecule has 0 aromatic rings. The summed E-state index contributed by atoms with van der Waals surface area (Å²) in [5, 5.41) is 2.56. The first kappa shape index (κ1) is 13.4. The summed E-state index contributed by atoms with van der Waals surface area (Å²) >= 11 is 0. The van der Waals surface area contributed by atoms with Crippen LogP contribution in [0.25, 0.3) is 0 Å². The Balaban J connectivity index is 3.55. The maximum atomic E-state index is 11.2. The molecule has 6 nitrogen and oxygen atoms in total. The Morgan fingerprint density at radius 2 is 2.20 bits per heavy atom. The van der Waals surface area contributed by atoms with Gasteiger partial charge in [0.2, 0.25) is 11.8 Å². The van der Waals surface area contributed by atoms with Crippen LogP contribution >= 0.6 is 0 Å². The second kappa shape index (κ2) is 7.81. The summed E-state index contributed by atoms with van der Waals surface area (Å²) in [6, 6.07) is -0.872. The third kappa shape index (κ3) is 7.51. The predicted octanol–water partition coefficient (Wildman–Crippen LogP) is -1.14. The minimum atomic E-state index is -0.872. The zero-order valence-electron chi connectivity index (χ0n) is 8.57. The van der Waals surface area contributed by atoms with Crippen LogP contribution in [0, 0.1) is 0 Å². The van der Waals surface area contributed by atoms with E-state index in [0.29, 0.717) is 19.6 Å². The molecule has 0 saturated carbocycles. The maximum absolute atomic E-state index is 11.2. The van der Waals surface area contributed by atoms with Gasteiger partial charge < -0.3 is 21.5 Å². The third-order valence-electron chi connectivity index (χ3n) is 1.61. The molecule has 1 atom stereocenters. The smallest absolute Gasteiger partial charge is 0.237 e. The quantitative estimate of drug-likeness (QED) is 0.351. The first-order valence-electron chi connectivity index (χ1n) is 4.62. The predicted molar refractivity (Wildman–Crippen MR) is 55.6 cm³/mol. The molecular formula is C9H17N3O3. The molecule has 6 heteroatoms. The second-order valence-corrected chi connectivity index (χ2v) is 2.96. The first-order chi connectivity index (χ1) is 7.07. The number of rotatable bonds is 8. The minimum Gasteiger partial charge on any atom is -0.502 e. The standard InChI is InChI=1S/C9H17N3O3/c1-2-15-5-3-4-12-9(14)7(10)6-8(11)13/h2,7H,1,3-6,10H2,(H2,11,13)(H,12,14). The average Bonchev–Trinajstić information content (AvgIpc) is 2.16. The van der Waals surface area contributed by atoms with Crippen LogP contribution in [0.2, 0.25) is 0 Å². The minimum absolute atomic E-state index is 0.144. The summed E-state index contributed by atoms with van der Waals surface area (Å²) in [6.07, 6.45) is 1.84. The van der Waals surface area contributed by atoms with Crippen molar-refractivity contribution in [1.29, 1.82) is 0 Å². The van der Waals surface area contributed by atoms with Gasteiger partial charge in [-0.2, -0.15) is 0 Å². The van der Waals surface area contributed by atoms with E-state index in [4.69, 9.17) is 16.2 Å². The van der Waals surface area contributed by atoms with Gasteiger partial charge >= 0.3 is 0 Å². The highest BCUT2D eigenvalue weighted by Crippen LogP contribution is 1.87. The third-order valence-corrected chi connectivity index (χ3v) is 1.61. The van der Waals surface area contributed by atoms with Crippen molar-refractivity contribution < 1.29 is 14.3 Å². The van der Waals surface area contributed by atoms with Crippen molar-refractivity contribution in [1.82, 2.24) is 5.32 Å². The zero-order chi connectivity index (χ0) is 11.7. The van der Waals surface area contributed by atoms with Gasteiger partial charge in [0.05, 0.1) is 25.3 Å². The number of nitrogens with two attached hydrogens (primary N) is 2. The highest BCUT2D eigenvalue weighted by molar-refractivity contribution is 5.87. The number of ether oxygens (including phenoxy) is 1. The van der Waals surface area contributed by atoms with Crippen LogP contribution in [0.4, 0.5) is 0 Å². The fraction of sp³-hybridized carbons (Fsp3) is 0.556. The molecule has 1 unspecified atom stereocenters. The van der Waals surface area contributed by atoms with Gasteiger partial charge in [-0.05, 0) is 6.42 Å². The van der Waals surface area contributed by atoms with Crippen molar-refractivity contribution in [2.24, 2.45) is 11.5 Å². The lowest BCUT2D eigenvalue weighted by molar-refractivity contribution is -0.126. The molecule has 0 rings (SSSR count). The fourth-order valence-electron chi connectivity index (χ4n) is 0.891. The Morgan fingerprint density at radius 3 is 2.73 bits per heavy atom. The molecule has 0 heterocycles. The van der Waals surface area contributed by atoms with Crippen LogP contribution in [0.15, 0.2) is 12.8 Å². The zero-order valence-corrected chi connectivity index (χ0v) is 8.57. The molecule has 0 bridgehead atoms. The maximum Gasteiger partial charge on any atom is 0.237 e. The first-order valence-corrected chi connectivity index (χ1v) is 4.62. The Labute approximate surface area is 88.6 Å². The Hall–Kier alpha value is -1.56. The number of hydrogen-bond acceptors (Lipinski definition) is 4. The van der Waals surface area contributed by atoms with Gasteiger partial charge in [0, 0.05) is 6.54 Å². The van der Waals surface area contributed by atoms with Crippen LogP contribution in [-0.4, -0.2) is 31.0 Å². The number of carbonyl (C=O) groups is 2. The van der Waals surface area contributed by atoms with Crippen molar-refractivity contribution in [3.05, 3.63) is 12.8 Å². The van der Waals surface area contributed by atoms with Gasteiger partial charge in [0.1, 0.15) is 0 Å². The van der Waals surface area contributed by atoms with Crippen LogP contribution in [0.1, 0.15) is 12.8 Å². The lowest BCUT2D eigenvalue weighted by Gasteiger charge is -2.10. The van der Waals surface area contributed by atoms with E-state index in [1.54, 1.807) is 0 Å². The molecule has 0 aliphatic rings. The number of nitrogens with one attached hydrogen (secondary N) is 1. The molecule has 0 saturated heterocycles. The second-order valence-electron chi connectivity index (χ2n) is 2.96. The van der Waals surface area contributed by atoms with Crippen LogP contribution < -0.4 is 16.8 Å². The van der Waals surface area contributed by atoms with E-state index < -0.39 is 11.9 Å². The Bertz CT molecular complexity index is 231. The van der Waals surface area contributed by atoms with Gasteiger partial charge in [-0.1, -0.05) is 6.58 Å². The van der Waals surface area contributed by atoms with Crippen molar-refractivity contribution in [3.8, 4) is 0 Å². The number of amides is 2. The number of carbonyl (C=O) groups excluding carboxylic acids is 2. The summed E-state index contributed by atoms with van der Waals surface area (Å²) in [5.74, 6) is -0.972. The molecule has 0 fully saturated rings. The molecule has 0 aromatic heterocycles. The van der Waals surface area contributed by atoms with Gasteiger partial charge in [-0.15, -0.1) is 0 Å². The molecule has 86 valence electrons. The largest absolute Gasteiger partial charge is 0.502 e. The lowest BCUT2D eigenvalue weighted by atomic mass is 10.2. The van der Waals surface area contributed by atoms with Crippen molar-refractivity contribution in [2.75, 3.05) is 13.2 Å². The SMILES string of the molecule is C=COCCCNC(=O)C(N)CC(N)=O. The lowest BCUT2D eigenvalue weighted by Crippen LogP contribution is -2.43. The van der Waals surface area contributed by atoms with E-state index >= 15 is 0 Å². The van der Waals surface area contributed by atoms with Gasteiger partial charge in [0.25, 0.3) is 0 Å². The van der Waals surface area contributed by atoms with Gasteiger partial charge in [0.15, 0.2) is 0 Å². The highest BCUT2D eigenvalue weighted by atomic mass is 16.5. The van der Waals surface area contributed by atoms with Crippen molar-refractivity contribution in [2.45, 2.75) is 18.9 Å². The van der Waals surface area contributed by atoms with Gasteiger partial charge in [-0.3, -0.25) is 9.59 Å². The molecule has 2 amide bonds. The van der Waals surface area contributed by atoms with E-state index in [1.807, 2.05) is 0 Å². The molecule has 0 aliphatic carbocycles. The average molecular weight is 215 g/mol. The summed E-state index contributed by atoms with van der Waals surface area (Å²) in [5.41, 5.74) is 10.3. The molecular weight excluding hydrogens is 198 g/mol. The molecule has 0 spiro atoms. The van der Waals surface area contributed by atoms with E-state index in [9.17, 15) is 9.59 Å². The summed E-state index contributed by atoms with van der Waals surface area (Å²) in [4.78, 5) is 21.7. The highest BCUT2D eigenvalue weighted by Gasteiger charge is 2.14. The number of hydrogen-bond donors (Lipinski definition) is 3. The van der Waals surface area contributed by atoms with E-state index in [0.717, 1.165) is 0 Å². The van der Waals surface area contributed by atoms with Crippen molar-refractivity contribution in [3.63, 3.8) is 0 Å². The summed E-state index contributed by atoms with van der Waals surface area (Å²) in [6.45, 7) is 4.30. The summed E-state index contributed by atoms with van der Waals surface area (Å²) < 4.78 is 4.85. The van der Waals surface area contributed by atoms with Gasteiger partial charge in [-0.25, -0.2) is 0 Å². The topological polar surface area (TPSA) is 107 Å². The van der Waals surface area contributed by atoms with E-state index in [1.165, 1.54) is 6.26 Å². The normalized spacial score (nSPS) is 11.5. The molecule has 0 aliphatic heterocycles. The molecule has 0 radical (unpaired) electrons. The van der Waals surface area contributed by atoms with Crippen molar-refractivity contribution >= 4 is 11.8 Å². The monoisotopic (exact) mass is 215 g/mol. The van der Waals surface area contributed by atoms with Crippen LogP contribution in [-0.2, 0) is 14.3 Å². The van der Waals surface area contributed by atoms with Crippen LogP contribution in [0.5, 0.6) is 0 Å². The van der Waals surface area contributed by atoms with E-state index in [-0.39, 0.29) is 12.3 Å². The van der Waals surface area contributed by atoms with Crippen LogP contribution in [0.3, 0.4) is 0 Å². The summed E-state index contributed by atoms with van der Waals surface area (Å²) in [7, 11) is 0. The Kier molecular flexibility index (Phi) is 7.00.